The molecule has 2 nitrogen and oxygen atoms in total. The van der Waals surface area contributed by atoms with Crippen LogP contribution in [0.4, 0.5) is 4.39 Å². The Balaban J connectivity index is 1.79. The second-order valence-corrected chi connectivity index (χ2v) is 4.60. The highest BCUT2D eigenvalue weighted by Gasteiger charge is 2.09. The largest absolute Gasteiger partial charge is 0.508 e. The van der Waals surface area contributed by atoms with Crippen molar-refractivity contribution in [1.29, 1.82) is 0 Å². The molecule has 1 aromatic rings. The summed E-state index contributed by atoms with van der Waals surface area (Å²) < 4.78 is 13.0. The van der Waals surface area contributed by atoms with Crippen LogP contribution in [0.1, 0.15) is 24.8 Å². The molecular formula is C14H18FNO. The predicted octanol–water partition coefficient (Wildman–Crippen LogP) is 2.98. The Labute approximate surface area is 101 Å². The molecule has 0 radical (unpaired) electrons. The molecule has 0 saturated heterocycles. The van der Waals surface area contributed by atoms with Gasteiger partial charge in [-0.05, 0) is 49.4 Å². The van der Waals surface area contributed by atoms with Crippen LogP contribution in [0, 0.1) is 11.7 Å². The lowest BCUT2D eigenvalue weighted by Gasteiger charge is -2.18. The van der Waals surface area contributed by atoms with Crippen LogP contribution >= 0.6 is 0 Å². The van der Waals surface area contributed by atoms with Crippen LogP contribution in [0.25, 0.3) is 0 Å². The van der Waals surface area contributed by atoms with Crippen LogP contribution in [0.5, 0.6) is 5.75 Å². The summed E-state index contributed by atoms with van der Waals surface area (Å²) in [7, 11) is 0. The smallest absolute Gasteiger partial charge is 0.127 e. The Morgan fingerprint density at radius 1 is 1.29 bits per heavy atom. The zero-order valence-corrected chi connectivity index (χ0v) is 9.82. The van der Waals surface area contributed by atoms with Crippen molar-refractivity contribution in [3.63, 3.8) is 0 Å². The third-order valence-corrected chi connectivity index (χ3v) is 3.08. The molecule has 2 N–H and O–H groups in total. The van der Waals surface area contributed by atoms with Gasteiger partial charge in [0.1, 0.15) is 11.6 Å². The lowest BCUT2D eigenvalue weighted by molar-refractivity contribution is 0.438. The van der Waals surface area contributed by atoms with Crippen molar-refractivity contribution in [2.24, 2.45) is 5.92 Å². The number of phenols is 1. The van der Waals surface area contributed by atoms with E-state index in [2.05, 4.69) is 17.5 Å². The number of aromatic hydroxyl groups is 1. The molecule has 92 valence electrons. The fraction of sp³-hybridized carbons (Fsp3) is 0.429. The van der Waals surface area contributed by atoms with E-state index in [1.807, 2.05) is 0 Å². The molecule has 1 unspecified atom stereocenters. The molecule has 2 rings (SSSR count). The Morgan fingerprint density at radius 3 is 2.88 bits per heavy atom. The molecule has 0 bridgehead atoms. The molecule has 3 heteroatoms. The predicted molar refractivity (Wildman–Crippen MR) is 66.3 cm³/mol. The minimum Gasteiger partial charge on any atom is -0.508 e. The number of benzene rings is 1. The normalized spacial score (nSPS) is 19.5. The summed E-state index contributed by atoms with van der Waals surface area (Å²) in [6.45, 7) is 1.55. The maximum Gasteiger partial charge on any atom is 0.127 e. The summed E-state index contributed by atoms with van der Waals surface area (Å²) >= 11 is 0. The number of allylic oxidation sites excluding steroid dienone is 2. The summed E-state index contributed by atoms with van der Waals surface area (Å²) in [6, 6.07) is 4.17. The van der Waals surface area contributed by atoms with Crippen LogP contribution in [0.3, 0.4) is 0 Å². The summed E-state index contributed by atoms with van der Waals surface area (Å²) in [5.41, 5.74) is 0.786. The maximum absolute atomic E-state index is 13.0. The first kappa shape index (κ1) is 12.1. The van der Waals surface area contributed by atoms with Gasteiger partial charge in [0.25, 0.3) is 0 Å². The zero-order chi connectivity index (χ0) is 12.1. The van der Waals surface area contributed by atoms with Crippen LogP contribution < -0.4 is 5.32 Å². The van der Waals surface area contributed by atoms with Crippen LogP contribution in [-0.2, 0) is 6.54 Å². The Kier molecular flexibility index (Phi) is 4.15. The van der Waals surface area contributed by atoms with Gasteiger partial charge in [0.05, 0.1) is 0 Å². The van der Waals surface area contributed by atoms with Gasteiger partial charge in [-0.2, -0.15) is 0 Å². The fourth-order valence-electron chi connectivity index (χ4n) is 2.20. The summed E-state index contributed by atoms with van der Waals surface area (Å²) in [5, 5.41) is 12.6. The number of hydrogen-bond donors (Lipinski definition) is 2. The maximum atomic E-state index is 13.0. The van der Waals surface area contributed by atoms with Gasteiger partial charge in [-0.1, -0.05) is 12.2 Å². The average molecular weight is 235 g/mol. The number of hydrogen-bond acceptors (Lipinski definition) is 2. The minimum atomic E-state index is -0.387. The number of phenolic OH excluding ortho intramolecular Hbond substituents is 1. The molecule has 1 aliphatic carbocycles. The van der Waals surface area contributed by atoms with Crippen molar-refractivity contribution in [3.8, 4) is 5.75 Å². The highest BCUT2D eigenvalue weighted by atomic mass is 19.1. The molecule has 0 aliphatic heterocycles. The molecule has 1 aliphatic rings. The minimum absolute atomic E-state index is 0.0117. The van der Waals surface area contributed by atoms with E-state index < -0.39 is 0 Å². The van der Waals surface area contributed by atoms with Crippen LogP contribution in [0.15, 0.2) is 30.4 Å². The first-order valence-electron chi connectivity index (χ1n) is 6.08. The summed E-state index contributed by atoms with van der Waals surface area (Å²) in [5.74, 6) is 0.284. The molecule has 0 saturated carbocycles. The SMILES string of the molecule is Oc1cc(F)cc(CNCC2CC=CCC2)c1. The van der Waals surface area contributed by atoms with Crippen molar-refractivity contribution in [1.82, 2.24) is 5.32 Å². The van der Waals surface area contributed by atoms with Crippen molar-refractivity contribution in [2.45, 2.75) is 25.8 Å². The lowest BCUT2D eigenvalue weighted by Crippen LogP contribution is -2.23. The van der Waals surface area contributed by atoms with E-state index in [4.69, 9.17) is 0 Å². The monoisotopic (exact) mass is 235 g/mol. The van der Waals surface area contributed by atoms with Gasteiger partial charge in [-0.15, -0.1) is 0 Å². The molecule has 17 heavy (non-hydrogen) atoms. The fourth-order valence-corrected chi connectivity index (χ4v) is 2.20. The summed E-state index contributed by atoms with van der Waals surface area (Å²) in [4.78, 5) is 0. The Bertz CT molecular complexity index is 383. The standard InChI is InChI=1S/C14H18FNO/c15-13-6-12(7-14(17)8-13)10-16-9-11-4-2-1-3-5-11/h1-2,6-8,11,16-17H,3-5,9-10H2. The van der Waals surface area contributed by atoms with Crippen molar-refractivity contribution >= 4 is 0 Å². The van der Waals surface area contributed by atoms with Crippen molar-refractivity contribution in [3.05, 3.63) is 41.7 Å². The highest BCUT2D eigenvalue weighted by Crippen LogP contribution is 2.18. The molecule has 0 fully saturated rings. The van der Waals surface area contributed by atoms with E-state index >= 15 is 0 Å². The number of halogens is 1. The third kappa shape index (κ3) is 3.86. The molecule has 0 amide bonds. The molecule has 0 spiro atoms. The van der Waals surface area contributed by atoms with Gasteiger partial charge in [0.15, 0.2) is 0 Å². The van der Waals surface area contributed by atoms with Crippen molar-refractivity contribution < 1.29 is 9.50 Å². The third-order valence-electron chi connectivity index (χ3n) is 3.08. The lowest BCUT2D eigenvalue weighted by atomic mass is 9.94. The second-order valence-electron chi connectivity index (χ2n) is 4.60. The van der Waals surface area contributed by atoms with Gasteiger partial charge in [0, 0.05) is 12.6 Å². The van der Waals surface area contributed by atoms with Crippen LogP contribution in [0.2, 0.25) is 0 Å². The second kappa shape index (κ2) is 5.82. The van der Waals surface area contributed by atoms with Gasteiger partial charge in [-0.25, -0.2) is 4.39 Å². The zero-order valence-electron chi connectivity index (χ0n) is 9.82. The average Bonchev–Trinajstić information content (AvgIpc) is 2.29. The van der Waals surface area contributed by atoms with E-state index in [0.29, 0.717) is 12.5 Å². The molecular weight excluding hydrogens is 217 g/mol. The van der Waals surface area contributed by atoms with E-state index in [0.717, 1.165) is 31.0 Å². The van der Waals surface area contributed by atoms with Gasteiger partial charge < -0.3 is 10.4 Å². The topological polar surface area (TPSA) is 32.3 Å². The number of rotatable bonds is 4. The van der Waals surface area contributed by atoms with E-state index in [1.165, 1.54) is 12.5 Å². The molecule has 0 aromatic heterocycles. The summed E-state index contributed by atoms with van der Waals surface area (Å²) in [6.07, 6.45) is 7.96. The Hall–Kier alpha value is -1.35. The molecule has 1 aromatic carbocycles. The number of nitrogens with one attached hydrogen (secondary N) is 1. The molecule has 1 atom stereocenters. The Morgan fingerprint density at radius 2 is 2.18 bits per heavy atom. The molecule has 0 heterocycles. The first-order chi connectivity index (χ1) is 8.24. The van der Waals surface area contributed by atoms with Gasteiger partial charge in [0.2, 0.25) is 0 Å². The van der Waals surface area contributed by atoms with Gasteiger partial charge in [-0.3, -0.25) is 0 Å². The van der Waals surface area contributed by atoms with E-state index in [-0.39, 0.29) is 11.6 Å². The highest BCUT2D eigenvalue weighted by molar-refractivity contribution is 5.28. The van der Waals surface area contributed by atoms with E-state index in [9.17, 15) is 9.50 Å². The quantitative estimate of drug-likeness (QED) is 0.786. The van der Waals surface area contributed by atoms with E-state index in [1.54, 1.807) is 6.07 Å². The first-order valence-corrected chi connectivity index (χ1v) is 6.08. The van der Waals surface area contributed by atoms with Crippen LogP contribution in [-0.4, -0.2) is 11.7 Å². The van der Waals surface area contributed by atoms with Crippen molar-refractivity contribution in [2.75, 3.05) is 6.54 Å². The van der Waals surface area contributed by atoms with Gasteiger partial charge >= 0.3 is 0 Å².